The molecule has 3 aromatic heterocycles. The zero-order valence-corrected chi connectivity index (χ0v) is 15.7. The molecule has 1 N–H and O–H groups in total. The normalized spacial score (nSPS) is 11.2. The molecule has 0 aliphatic carbocycles. The highest BCUT2D eigenvalue weighted by atomic mass is 32.1. The number of imidazole rings is 1. The Balaban J connectivity index is 1.43. The van der Waals surface area contributed by atoms with Gasteiger partial charge in [0, 0.05) is 17.0 Å². The summed E-state index contributed by atoms with van der Waals surface area (Å²) in [6.45, 7) is 0.660. The topological polar surface area (TPSA) is 45.5 Å². The molecule has 0 radical (unpaired) electrons. The van der Waals surface area contributed by atoms with Crippen LogP contribution in [0.25, 0.3) is 33.0 Å². The maximum atomic E-state index is 14.0. The summed E-state index contributed by atoms with van der Waals surface area (Å²) in [4.78, 5) is 12.5. The summed E-state index contributed by atoms with van der Waals surface area (Å²) in [6, 6.07) is 18.7. The lowest BCUT2D eigenvalue weighted by Crippen LogP contribution is -2.33. The van der Waals surface area contributed by atoms with E-state index in [1.54, 1.807) is 29.5 Å². The predicted octanol–water partition coefficient (Wildman–Crippen LogP) is 4.83. The van der Waals surface area contributed by atoms with Crippen LogP contribution < -0.4 is 4.57 Å². The van der Waals surface area contributed by atoms with Crippen molar-refractivity contribution < 1.29 is 8.96 Å². The second-order valence-corrected chi connectivity index (χ2v) is 7.35. The number of benzene rings is 2. The van der Waals surface area contributed by atoms with Crippen molar-refractivity contribution in [1.82, 2.24) is 15.0 Å². The third kappa shape index (κ3) is 3.18. The van der Waals surface area contributed by atoms with Crippen molar-refractivity contribution in [3.05, 3.63) is 89.9 Å². The number of aromatic amines is 1. The van der Waals surface area contributed by atoms with E-state index in [4.69, 9.17) is 4.98 Å². The van der Waals surface area contributed by atoms with Gasteiger partial charge in [-0.1, -0.05) is 42.5 Å². The highest BCUT2D eigenvalue weighted by Gasteiger charge is 2.14. The van der Waals surface area contributed by atoms with Gasteiger partial charge in [-0.15, -0.1) is 11.3 Å². The second-order valence-electron chi connectivity index (χ2n) is 6.49. The molecular formula is C22H16FN4S+. The number of rotatable bonds is 4. The van der Waals surface area contributed by atoms with Crippen molar-refractivity contribution in [2.24, 2.45) is 0 Å². The number of H-pyrrole nitrogens is 1. The zero-order chi connectivity index (χ0) is 18.9. The summed E-state index contributed by atoms with van der Waals surface area (Å²) in [5.74, 6) is 0.246. The smallest absolute Gasteiger partial charge is 0.195 e. The molecule has 28 heavy (non-hydrogen) atoms. The van der Waals surface area contributed by atoms with Crippen molar-refractivity contribution in [2.45, 2.75) is 6.54 Å². The van der Waals surface area contributed by atoms with E-state index in [1.807, 2.05) is 36.7 Å². The number of nitrogens with zero attached hydrogens (tertiary/aromatic N) is 3. The fourth-order valence-electron chi connectivity index (χ4n) is 3.16. The minimum atomic E-state index is -0.287. The summed E-state index contributed by atoms with van der Waals surface area (Å²) in [5.41, 5.74) is 4.26. The van der Waals surface area contributed by atoms with E-state index in [-0.39, 0.29) is 5.82 Å². The zero-order valence-electron chi connectivity index (χ0n) is 14.8. The van der Waals surface area contributed by atoms with Crippen LogP contribution in [-0.2, 0) is 6.54 Å². The second kappa shape index (κ2) is 6.98. The number of thiazole rings is 1. The van der Waals surface area contributed by atoms with Gasteiger partial charge in [0.05, 0.1) is 5.56 Å². The quantitative estimate of drug-likeness (QED) is 0.449. The molecule has 0 aliphatic heterocycles. The lowest BCUT2D eigenvalue weighted by Gasteiger charge is -1.96. The first kappa shape index (κ1) is 16.8. The average Bonchev–Trinajstić information content (AvgIpc) is 3.36. The van der Waals surface area contributed by atoms with Crippen molar-refractivity contribution >= 4 is 22.4 Å². The Bertz CT molecular complexity index is 1260. The standard InChI is InChI=1S/C22H15FN4S/c23-18-9-5-4-8-17(18)21-25-19-10-11-27(13-20(19)26-21)12-16-14-28-22(24-16)15-6-2-1-3-7-15/h1-11,13-14H,12H2/p+1. The van der Waals surface area contributed by atoms with Gasteiger partial charge in [-0.2, -0.15) is 4.57 Å². The van der Waals surface area contributed by atoms with Crippen LogP contribution in [-0.4, -0.2) is 15.0 Å². The number of hydrogen-bond acceptors (Lipinski definition) is 3. The van der Waals surface area contributed by atoms with E-state index >= 15 is 0 Å². The molecule has 0 unspecified atom stereocenters. The third-order valence-electron chi connectivity index (χ3n) is 4.53. The summed E-state index contributed by atoms with van der Waals surface area (Å²) in [5, 5.41) is 3.10. The van der Waals surface area contributed by atoms with E-state index in [9.17, 15) is 4.39 Å². The SMILES string of the molecule is Fc1ccccc1-c1nc2cc[n+](Cc3csc(-c4ccccc4)n3)cc2[nH]1. The van der Waals surface area contributed by atoms with Gasteiger partial charge in [-0.05, 0) is 12.1 Å². The van der Waals surface area contributed by atoms with Crippen molar-refractivity contribution in [2.75, 3.05) is 0 Å². The van der Waals surface area contributed by atoms with Crippen LogP contribution in [0.3, 0.4) is 0 Å². The van der Waals surface area contributed by atoms with Crippen molar-refractivity contribution in [3.63, 3.8) is 0 Å². The van der Waals surface area contributed by atoms with E-state index in [0.717, 1.165) is 27.3 Å². The number of fused-ring (bicyclic) bond motifs is 1. The molecule has 0 spiro atoms. The highest BCUT2D eigenvalue weighted by molar-refractivity contribution is 7.13. The Morgan fingerprint density at radius 3 is 2.64 bits per heavy atom. The molecular weight excluding hydrogens is 371 g/mol. The monoisotopic (exact) mass is 387 g/mol. The number of aromatic nitrogens is 4. The third-order valence-corrected chi connectivity index (χ3v) is 5.47. The Labute approximate surface area is 165 Å². The van der Waals surface area contributed by atoms with Gasteiger partial charge in [0.25, 0.3) is 0 Å². The molecule has 5 aromatic rings. The summed E-state index contributed by atoms with van der Waals surface area (Å²) in [6.07, 6.45) is 3.95. The summed E-state index contributed by atoms with van der Waals surface area (Å²) >= 11 is 1.64. The van der Waals surface area contributed by atoms with Crippen LogP contribution in [0.5, 0.6) is 0 Å². The largest absolute Gasteiger partial charge is 0.333 e. The van der Waals surface area contributed by atoms with Crippen LogP contribution in [0.1, 0.15) is 5.69 Å². The first-order valence-electron chi connectivity index (χ1n) is 8.90. The molecule has 4 nitrogen and oxygen atoms in total. The van der Waals surface area contributed by atoms with Crippen molar-refractivity contribution in [1.29, 1.82) is 0 Å². The van der Waals surface area contributed by atoms with Gasteiger partial charge in [0.1, 0.15) is 33.4 Å². The van der Waals surface area contributed by atoms with E-state index in [0.29, 0.717) is 17.9 Å². The first-order chi connectivity index (χ1) is 13.8. The van der Waals surface area contributed by atoms with Crippen LogP contribution in [0, 0.1) is 5.82 Å². The molecule has 0 aliphatic rings. The van der Waals surface area contributed by atoms with E-state index in [1.165, 1.54) is 6.07 Å². The maximum Gasteiger partial charge on any atom is 0.195 e. The van der Waals surface area contributed by atoms with Gasteiger partial charge in [0.2, 0.25) is 0 Å². The molecule has 0 bridgehead atoms. The molecule has 6 heteroatoms. The molecule has 2 aromatic carbocycles. The molecule has 0 saturated heterocycles. The molecule has 136 valence electrons. The molecule has 0 saturated carbocycles. The van der Waals surface area contributed by atoms with Gasteiger partial charge < -0.3 is 4.98 Å². The molecule has 5 rings (SSSR count). The average molecular weight is 387 g/mol. The minimum absolute atomic E-state index is 0.287. The van der Waals surface area contributed by atoms with Crippen molar-refractivity contribution in [3.8, 4) is 22.0 Å². The first-order valence-corrected chi connectivity index (χ1v) is 9.78. The Hall–Kier alpha value is -3.38. The molecule has 3 heterocycles. The Kier molecular flexibility index (Phi) is 4.18. The lowest BCUT2D eigenvalue weighted by atomic mass is 10.2. The summed E-state index contributed by atoms with van der Waals surface area (Å²) < 4.78 is 16.1. The van der Waals surface area contributed by atoms with E-state index in [2.05, 4.69) is 32.0 Å². The maximum absolute atomic E-state index is 14.0. The fraction of sp³-hybridized carbons (Fsp3) is 0.0455. The highest BCUT2D eigenvalue weighted by Crippen LogP contribution is 2.24. The summed E-state index contributed by atoms with van der Waals surface area (Å²) in [7, 11) is 0. The number of pyridine rings is 1. The molecule has 0 fully saturated rings. The lowest BCUT2D eigenvalue weighted by molar-refractivity contribution is -0.687. The Morgan fingerprint density at radius 2 is 1.79 bits per heavy atom. The van der Waals surface area contributed by atoms with Gasteiger partial charge in [-0.3, -0.25) is 0 Å². The van der Waals surface area contributed by atoms with Gasteiger partial charge in [-0.25, -0.2) is 14.4 Å². The number of halogens is 1. The molecule has 0 amide bonds. The Morgan fingerprint density at radius 1 is 0.964 bits per heavy atom. The van der Waals surface area contributed by atoms with Crippen LogP contribution >= 0.6 is 11.3 Å². The van der Waals surface area contributed by atoms with Gasteiger partial charge >= 0.3 is 0 Å². The number of hydrogen-bond donors (Lipinski definition) is 1. The predicted molar refractivity (Wildman–Crippen MR) is 108 cm³/mol. The molecule has 0 atom stereocenters. The fourth-order valence-corrected chi connectivity index (χ4v) is 3.98. The van der Waals surface area contributed by atoms with Gasteiger partial charge in [0.15, 0.2) is 18.9 Å². The number of nitrogens with one attached hydrogen (secondary N) is 1. The van der Waals surface area contributed by atoms with Crippen LogP contribution in [0.15, 0.2) is 78.4 Å². The van der Waals surface area contributed by atoms with Crippen LogP contribution in [0.4, 0.5) is 4.39 Å². The minimum Gasteiger partial charge on any atom is -0.333 e. The van der Waals surface area contributed by atoms with Crippen LogP contribution in [0.2, 0.25) is 0 Å². The van der Waals surface area contributed by atoms with E-state index < -0.39 is 0 Å².